The lowest BCUT2D eigenvalue weighted by Gasteiger charge is -2.24. The Morgan fingerprint density at radius 1 is 1.08 bits per heavy atom. The molecule has 136 valence electrons. The molecule has 1 aromatic carbocycles. The van der Waals surface area contributed by atoms with Crippen LogP contribution in [0, 0.1) is 0 Å². The van der Waals surface area contributed by atoms with Crippen LogP contribution in [0.1, 0.15) is 38.8 Å². The van der Waals surface area contributed by atoms with Crippen molar-refractivity contribution in [3.63, 3.8) is 0 Å². The summed E-state index contributed by atoms with van der Waals surface area (Å²) in [6.07, 6.45) is -2.91. The van der Waals surface area contributed by atoms with Crippen molar-refractivity contribution in [3.05, 3.63) is 41.6 Å². The fourth-order valence-corrected chi connectivity index (χ4v) is 2.15. The summed E-state index contributed by atoms with van der Waals surface area (Å²) >= 11 is 0. The molecule has 0 fully saturated rings. The number of halogens is 3. The number of rotatable bonds is 4. The predicted octanol–water partition coefficient (Wildman–Crippen LogP) is 5.00. The number of anilines is 2. The van der Waals surface area contributed by atoms with Gasteiger partial charge >= 0.3 is 6.18 Å². The molecule has 25 heavy (non-hydrogen) atoms. The van der Waals surface area contributed by atoms with Gasteiger partial charge < -0.3 is 9.64 Å². The van der Waals surface area contributed by atoms with Gasteiger partial charge in [-0.15, -0.1) is 0 Å². The zero-order valence-electron chi connectivity index (χ0n) is 15.0. The van der Waals surface area contributed by atoms with Crippen LogP contribution in [0.3, 0.4) is 0 Å². The summed E-state index contributed by atoms with van der Waals surface area (Å²) < 4.78 is 45.0. The molecule has 0 N–H and O–H groups in total. The Morgan fingerprint density at radius 2 is 1.68 bits per heavy atom. The van der Waals surface area contributed by atoms with E-state index >= 15 is 0 Å². The van der Waals surface area contributed by atoms with Crippen molar-refractivity contribution in [1.82, 2.24) is 9.97 Å². The Morgan fingerprint density at radius 3 is 2.16 bits per heavy atom. The third kappa shape index (κ3) is 4.84. The van der Waals surface area contributed by atoms with E-state index in [-0.39, 0.29) is 5.95 Å². The second kappa shape index (κ2) is 6.90. The summed E-state index contributed by atoms with van der Waals surface area (Å²) in [5.74, 6) is -0.335. The van der Waals surface area contributed by atoms with Crippen LogP contribution in [-0.2, 0) is 12.6 Å². The smallest absolute Gasteiger partial charge is 0.423 e. The lowest BCUT2D eigenvalue weighted by molar-refractivity contribution is -0.140. The van der Waals surface area contributed by atoms with Crippen LogP contribution >= 0.6 is 0 Å². The van der Waals surface area contributed by atoms with E-state index in [1.807, 2.05) is 31.2 Å². The molecular formula is C18H22F3N3O. The van der Waals surface area contributed by atoms with E-state index in [1.54, 1.807) is 32.7 Å². The summed E-state index contributed by atoms with van der Waals surface area (Å²) in [5.41, 5.74) is 0.147. The van der Waals surface area contributed by atoms with Gasteiger partial charge in [0.25, 0.3) is 0 Å². The molecule has 4 nitrogen and oxygen atoms in total. The first-order chi connectivity index (χ1) is 11.5. The van der Waals surface area contributed by atoms with Crippen molar-refractivity contribution in [2.45, 2.75) is 45.9 Å². The molecule has 7 heteroatoms. The van der Waals surface area contributed by atoms with Crippen molar-refractivity contribution < 1.29 is 17.9 Å². The Hall–Kier alpha value is -2.31. The Kier molecular flexibility index (Phi) is 5.25. The van der Waals surface area contributed by atoms with Crippen LogP contribution in [0.15, 0.2) is 30.5 Å². The van der Waals surface area contributed by atoms with Crippen LogP contribution in [-0.4, -0.2) is 22.6 Å². The second-order valence-corrected chi connectivity index (χ2v) is 6.68. The second-order valence-electron chi connectivity index (χ2n) is 6.68. The summed E-state index contributed by atoms with van der Waals surface area (Å²) in [7, 11) is 1.70. The van der Waals surface area contributed by atoms with E-state index in [1.165, 1.54) is 5.56 Å². The predicted molar refractivity (Wildman–Crippen MR) is 91.3 cm³/mol. The van der Waals surface area contributed by atoms with Crippen molar-refractivity contribution in [1.29, 1.82) is 0 Å². The van der Waals surface area contributed by atoms with E-state index in [0.717, 1.165) is 18.3 Å². The molecule has 0 amide bonds. The number of hydrogen-bond donors (Lipinski definition) is 0. The Bertz CT molecular complexity index is 722. The van der Waals surface area contributed by atoms with Gasteiger partial charge in [-0.1, -0.05) is 19.1 Å². The van der Waals surface area contributed by atoms with Crippen molar-refractivity contribution >= 4 is 11.6 Å². The molecule has 0 spiro atoms. The number of alkyl halides is 3. The standard InChI is InChI=1S/C18H22F3N3O/c1-6-12-7-9-13(10-8-12)24(5)16-22-11-14(18(19,20)21)15(23-16)25-17(2,3)4/h7-11H,6H2,1-5H3. The van der Waals surface area contributed by atoms with E-state index in [0.29, 0.717) is 0 Å². The summed E-state index contributed by atoms with van der Waals surface area (Å²) in [5, 5.41) is 0. The topological polar surface area (TPSA) is 38.2 Å². The van der Waals surface area contributed by atoms with Gasteiger partial charge in [0.05, 0.1) is 0 Å². The van der Waals surface area contributed by atoms with E-state index < -0.39 is 23.2 Å². The van der Waals surface area contributed by atoms with Crippen LogP contribution in [0.2, 0.25) is 0 Å². The minimum Gasteiger partial charge on any atom is -0.471 e. The van der Waals surface area contributed by atoms with Gasteiger partial charge in [-0.05, 0) is 44.9 Å². The number of aryl methyl sites for hydroxylation is 1. The SMILES string of the molecule is CCc1ccc(N(C)c2ncc(C(F)(F)F)c(OC(C)(C)C)n2)cc1. The molecule has 2 aromatic rings. The monoisotopic (exact) mass is 353 g/mol. The van der Waals surface area contributed by atoms with Gasteiger partial charge in [0.1, 0.15) is 11.2 Å². The first kappa shape index (κ1) is 19.0. The third-order valence-electron chi connectivity index (χ3n) is 3.48. The maximum absolute atomic E-state index is 13.2. The molecule has 0 atom stereocenters. The molecule has 0 bridgehead atoms. The quantitative estimate of drug-likeness (QED) is 0.775. The Labute approximate surface area is 145 Å². The minimum atomic E-state index is -4.58. The van der Waals surface area contributed by atoms with Gasteiger partial charge in [-0.25, -0.2) is 4.98 Å². The number of benzene rings is 1. The zero-order valence-corrected chi connectivity index (χ0v) is 15.0. The fourth-order valence-electron chi connectivity index (χ4n) is 2.15. The molecule has 0 aliphatic rings. The highest BCUT2D eigenvalue weighted by atomic mass is 19.4. The first-order valence-electron chi connectivity index (χ1n) is 7.97. The lowest BCUT2D eigenvalue weighted by atomic mass is 10.1. The normalized spacial score (nSPS) is 12.2. The average molecular weight is 353 g/mol. The molecule has 0 aliphatic carbocycles. The highest BCUT2D eigenvalue weighted by Gasteiger charge is 2.37. The van der Waals surface area contributed by atoms with Gasteiger partial charge in [-0.3, -0.25) is 0 Å². The molecular weight excluding hydrogens is 331 g/mol. The molecule has 0 saturated heterocycles. The first-order valence-corrected chi connectivity index (χ1v) is 7.97. The van der Waals surface area contributed by atoms with Crippen molar-refractivity contribution in [3.8, 4) is 5.88 Å². The van der Waals surface area contributed by atoms with Crippen LogP contribution < -0.4 is 9.64 Å². The van der Waals surface area contributed by atoms with Crippen LogP contribution in [0.4, 0.5) is 24.8 Å². The maximum atomic E-state index is 13.2. The highest BCUT2D eigenvalue weighted by Crippen LogP contribution is 2.37. The average Bonchev–Trinajstić information content (AvgIpc) is 2.51. The fraction of sp³-hybridized carbons (Fsp3) is 0.444. The van der Waals surface area contributed by atoms with Gasteiger partial charge in [-0.2, -0.15) is 18.2 Å². The summed E-state index contributed by atoms with van der Waals surface area (Å²) in [6, 6.07) is 7.68. The molecule has 1 heterocycles. The molecule has 0 aliphatic heterocycles. The minimum absolute atomic E-state index is 0.136. The van der Waals surface area contributed by atoms with E-state index in [9.17, 15) is 13.2 Å². The zero-order chi connectivity index (χ0) is 18.8. The number of nitrogens with zero attached hydrogens (tertiary/aromatic N) is 3. The summed E-state index contributed by atoms with van der Waals surface area (Å²) in [6.45, 7) is 7.06. The van der Waals surface area contributed by atoms with Crippen molar-refractivity contribution in [2.24, 2.45) is 0 Å². The van der Waals surface area contributed by atoms with Gasteiger partial charge in [0.15, 0.2) is 0 Å². The number of aromatic nitrogens is 2. The highest BCUT2D eigenvalue weighted by molar-refractivity contribution is 5.57. The van der Waals surface area contributed by atoms with Crippen LogP contribution in [0.25, 0.3) is 0 Å². The van der Waals surface area contributed by atoms with E-state index in [4.69, 9.17) is 4.74 Å². The molecule has 1 aromatic heterocycles. The van der Waals surface area contributed by atoms with Gasteiger partial charge in [0, 0.05) is 18.9 Å². The molecule has 2 rings (SSSR count). The Balaban J connectivity index is 2.42. The van der Waals surface area contributed by atoms with E-state index in [2.05, 4.69) is 9.97 Å². The molecule has 0 radical (unpaired) electrons. The largest absolute Gasteiger partial charge is 0.471 e. The lowest BCUT2D eigenvalue weighted by Crippen LogP contribution is -2.26. The molecule has 0 unspecified atom stereocenters. The van der Waals surface area contributed by atoms with Gasteiger partial charge in [0.2, 0.25) is 11.8 Å². The number of hydrogen-bond acceptors (Lipinski definition) is 4. The summed E-state index contributed by atoms with van der Waals surface area (Å²) in [4.78, 5) is 9.51. The maximum Gasteiger partial charge on any atom is 0.423 e. The number of ether oxygens (including phenoxy) is 1. The van der Waals surface area contributed by atoms with Crippen molar-refractivity contribution in [2.75, 3.05) is 11.9 Å². The molecule has 0 saturated carbocycles. The van der Waals surface area contributed by atoms with Crippen LogP contribution in [0.5, 0.6) is 5.88 Å². The third-order valence-corrected chi connectivity index (χ3v) is 3.48.